The van der Waals surface area contributed by atoms with Crippen LogP contribution in [0.5, 0.6) is 0 Å². The monoisotopic (exact) mass is 971 g/mol. The number of carbonyl (C=O) groups excluding carboxylic acids is 4. The maximum Gasteiger partial charge on any atom is 0.364 e. The lowest BCUT2D eigenvalue weighted by molar-refractivity contribution is -0.364. The molecule has 0 spiro atoms. The molecule has 0 saturated carbocycles. The summed E-state index contributed by atoms with van der Waals surface area (Å²) in [6, 6.07) is -1.40. The van der Waals surface area contributed by atoms with E-state index in [2.05, 4.69) is 26.6 Å². The average molecular weight is 972 g/mol. The van der Waals surface area contributed by atoms with E-state index >= 15 is 0 Å². The molecule has 0 radical (unpaired) electrons. The molecule has 27 heteroatoms. The number of fused-ring (bicyclic) bond motifs is 1. The highest BCUT2D eigenvalue weighted by atomic mass is 32.2. The maximum absolute atomic E-state index is 12.8. The number of ether oxygens (including phenoxy) is 5. The molecule has 5 saturated heterocycles. The summed E-state index contributed by atoms with van der Waals surface area (Å²) >= 11 is 1.82. The first-order valence-corrected chi connectivity index (χ1v) is 23.1. The number of hydrogen-bond acceptors (Lipinski definition) is 21. The Morgan fingerprint density at radius 2 is 1.56 bits per heavy atom. The van der Waals surface area contributed by atoms with E-state index < -0.39 is 142 Å². The van der Waals surface area contributed by atoms with Crippen LogP contribution in [0.15, 0.2) is 0 Å². The Morgan fingerprint density at radius 1 is 0.864 bits per heavy atom. The average Bonchev–Trinajstić information content (AvgIpc) is 3.84. The first-order chi connectivity index (χ1) is 31.3. The Balaban J connectivity index is 1.07. The summed E-state index contributed by atoms with van der Waals surface area (Å²) in [5.41, 5.74) is 0. The third-order valence-corrected chi connectivity index (χ3v) is 13.8. The van der Waals surface area contributed by atoms with Gasteiger partial charge in [0, 0.05) is 50.3 Å². The number of thioether (sulfide) groups is 1. The van der Waals surface area contributed by atoms with Gasteiger partial charge >= 0.3 is 12.0 Å². The van der Waals surface area contributed by atoms with Crippen molar-refractivity contribution in [2.75, 3.05) is 32.1 Å². The molecule has 0 aromatic carbocycles. The Kier molecular flexibility index (Phi) is 19.9. The van der Waals surface area contributed by atoms with Crippen LogP contribution >= 0.6 is 11.8 Å². The summed E-state index contributed by atoms with van der Waals surface area (Å²) in [5.74, 6) is -5.25. The SMILES string of the molecule is CC(=O)N[C@H]1[C@H]([C@H](O)[C@H](O)CNC(=O)CCCCCNC(=O)CCCCC2SCC3NC(=O)NC32)O[C@@](OC[C@H]2O[C@@H](O[C@H]3[C@H](O)[C@@H](O)C(O)O[C@@H]3CO)[C@H](O)[C@@H](O)[C@H]2O)(C(=O)O)C[C@@H]1O. The van der Waals surface area contributed by atoms with Gasteiger partial charge in [0.05, 0.1) is 43.5 Å². The van der Waals surface area contributed by atoms with E-state index in [4.69, 9.17) is 23.7 Å². The summed E-state index contributed by atoms with van der Waals surface area (Å²) in [4.78, 5) is 61.4. The largest absolute Gasteiger partial charge is 0.477 e. The van der Waals surface area contributed by atoms with Gasteiger partial charge in [-0.15, -0.1) is 0 Å². The second-order valence-electron chi connectivity index (χ2n) is 17.2. The zero-order valence-electron chi connectivity index (χ0n) is 36.2. The molecule has 0 aromatic rings. The standard InChI is InChI=1S/C39H65N5O21S/c1-16(46)42-26-18(47)11-39(37(58)59,61-14-21-28(52)29(53)32(56)36(63-21)64-33-20(13-45)62-35(57)31(55)30(33)54)65-34(26)27(51)19(48)12-41-24(50)8-3-2-6-10-40-23(49)9-5-4-7-22-25-17(15-66-22)43-38(60)44-25/h17-22,25-36,45,47-48,51-57H,2-15H2,1H3,(H,40,49)(H,41,50)(H,42,46)(H,58,59)(H2,43,44,60)/t17?,18-,19+,20+,21+,22?,25?,26+,27+,28-,29-,30+,31+,32+,33+,34+,35?,36-,39+/m0/s1. The molecule has 378 valence electrons. The molecule has 4 unspecified atom stereocenters. The molecule has 16 N–H and O–H groups in total. The summed E-state index contributed by atoms with van der Waals surface area (Å²) < 4.78 is 27.3. The minimum Gasteiger partial charge on any atom is -0.477 e. The maximum atomic E-state index is 12.8. The van der Waals surface area contributed by atoms with Crippen LogP contribution in [0, 0.1) is 0 Å². The number of unbranched alkanes of at least 4 members (excludes halogenated alkanes) is 3. The summed E-state index contributed by atoms with van der Waals surface area (Å²) in [7, 11) is 0. The number of carboxylic acid groups (broad SMARTS) is 1. The van der Waals surface area contributed by atoms with Gasteiger partial charge in [0.25, 0.3) is 5.79 Å². The first-order valence-electron chi connectivity index (χ1n) is 22.0. The Labute approximate surface area is 383 Å². The fourth-order valence-corrected chi connectivity index (χ4v) is 10.1. The normalized spacial score (nSPS) is 38.6. The van der Waals surface area contributed by atoms with E-state index in [1.807, 2.05) is 11.8 Å². The second kappa shape index (κ2) is 24.4. The van der Waals surface area contributed by atoms with Crippen molar-refractivity contribution in [3.63, 3.8) is 0 Å². The molecule has 5 aliphatic rings. The van der Waals surface area contributed by atoms with Gasteiger partial charge in [0.1, 0.15) is 61.0 Å². The molecule has 0 bridgehead atoms. The molecule has 66 heavy (non-hydrogen) atoms. The van der Waals surface area contributed by atoms with Crippen LogP contribution in [0.4, 0.5) is 4.79 Å². The summed E-state index contributed by atoms with van der Waals surface area (Å²) in [5, 5.41) is 130. The van der Waals surface area contributed by atoms with Gasteiger partial charge < -0.3 is 106 Å². The van der Waals surface area contributed by atoms with Crippen molar-refractivity contribution >= 4 is 41.5 Å². The predicted molar refractivity (Wildman–Crippen MR) is 221 cm³/mol. The lowest BCUT2D eigenvalue weighted by atomic mass is 9.88. The van der Waals surface area contributed by atoms with Crippen molar-refractivity contribution < 1.29 is 104 Å². The van der Waals surface area contributed by atoms with E-state index in [-0.39, 0.29) is 30.4 Å². The third-order valence-electron chi connectivity index (χ3n) is 12.3. The van der Waals surface area contributed by atoms with Gasteiger partial charge in [-0.05, 0) is 25.7 Å². The fraction of sp³-hybridized carbons (Fsp3) is 0.872. The van der Waals surface area contributed by atoms with Crippen LogP contribution in [-0.2, 0) is 42.9 Å². The van der Waals surface area contributed by atoms with Crippen molar-refractivity contribution in [1.29, 1.82) is 0 Å². The van der Waals surface area contributed by atoms with E-state index in [1.165, 1.54) is 0 Å². The number of aliphatic hydroxyl groups is 10. The smallest absolute Gasteiger partial charge is 0.364 e. The molecular formula is C39H65N5O21S. The Hall–Kier alpha value is -3.10. The zero-order chi connectivity index (χ0) is 48.5. The predicted octanol–water partition coefficient (Wildman–Crippen LogP) is -6.70. The summed E-state index contributed by atoms with van der Waals surface area (Å²) in [6.07, 6.45) is -23.0. The molecule has 5 fully saturated rings. The van der Waals surface area contributed by atoms with Gasteiger partial charge in [-0.1, -0.05) is 12.8 Å². The number of aliphatic carboxylic acids is 1. The molecule has 0 aromatic heterocycles. The third kappa shape index (κ3) is 13.6. The number of amides is 5. The molecule has 0 aliphatic carbocycles. The fourth-order valence-electron chi connectivity index (χ4n) is 8.55. The highest BCUT2D eigenvalue weighted by molar-refractivity contribution is 8.00. The molecule has 5 heterocycles. The molecular weight excluding hydrogens is 907 g/mol. The second-order valence-corrected chi connectivity index (χ2v) is 18.5. The van der Waals surface area contributed by atoms with Crippen LogP contribution in [0.25, 0.3) is 0 Å². The topological polar surface area (TPSA) is 414 Å². The van der Waals surface area contributed by atoms with Crippen molar-refractivity contribution in [2.24, 2.45) is 0 Å². The first kappa shape index (κ1) is 53.8. The molecule has 26 nitrogen and oxygen atoms in total. The number of carbonyl (C=O) groups is 5. The molecule has 19 atom stereocenters. The van der Waals surface area contributed by atoms with Gasteiger partial charge in [-0.2, -0.15) is 11.8 Å². The van der Waals surface area contributed by atoms with E-state index in [9.17, 15) is 80.1 Å². The number of hydrogen-bond donors (Lipinski definition) is 16. The van der Waals surface area contributed by atoms with Crippen molar-refractivity contribution in [1.82, 2.24) is 26.6 Å². The molecule has 5 aliphatic heterocycles. The minimum absolute atomic E-state index is 0.0196. The number of carboxylic acids is 1. The van der Waals surface area contributed by atoms with E-state index in [1.54, 1.807) is 0 Å². The van der Waals surface area contributed by atoms with Gasteiger partial charge in [-0.3, -0.25) is 14.4 Å². The van der Waals surface area contributed by atoms with E-state index in [0.29, 0.717) is 37.5 Å². The zero-order valence-corrected chi connectivity index (χ0v) is 37.0. The number of nitrogens with one attached hydrogen (secondary N) is 5. The minimum atomic E-state index is -2.90. The number of rotatable bonds is 23. The lowest BCUT2D eigenvalue weighted by Crippen LogP contribution is -2.68. The lowest BCUT2D eigenvalue weighted by Gasteiger charge is -2.48. The highest BCUT2D eigenvalue weighted by Crippen LogP contribution is 2.36. The number of aliphatic hydroxyl groups excluding tert-OH is 10. The molecule has 5 amide bonds. The van der Waals surface area contributed by atoms with Crippen molar-refractivity contribution in [3.8, 4) is 0 Å². The Bertz CT molecular complexity index is 1640. The van der Waals surface area contributed by atoms with Crippen LogP contribution in [-0.4, -0.2) is 233 Å². The van der Waals surface area contributed by atoms with Gasteiger partial charge in [0.2, 0.25) is 17.7 Å². The van der Waals surface area contributed by atoms with Gasteiger partial charge in [0.15, 0.2) is 12.6 Å². The number of urea groups is 1. The van der Waals surface area contributed by atoms with E-state index in [0.717, 1.165) is 31.9 Å². The summed E-state index contributed by atoms with van der Waals surface area (Å²) in [6.45, 7) is -0.974. The van der Waals surface area contributed by atoms with Crippen LogP contribution in [0.1, 0.15) is 64.7 Å². The van der Waals surface area contributed by atoms with Crippen LogP contribution in [0.3, 0.4) is 0 Å². The Morgan fingerprint density at radius 3 is 2.24 bits per heavy atom. The van der Waals surface area contributed by atoms with Crippen molar-refractivity contribution in [3.05, 3.63) is 0 Å². The van der Waals surface area contributed by atoms with Crippen LogP contribution < -0.4 is 26.6 Å². The quantitative estimate of drug-likeness (QED) is 0.0334. The molecule has 5 rings (SSSR count). The van der Waals surface area contributed by atoms with Crippen molar-refractivity contribution in [2.45, 2.75) is 180 Å². The highest BCUT2D eigenvalue weighted by Gasteiger charge is 2.57. The van der Waals surface area contributed by atoms with Gasteiger partial charge in [-0.25, -0.2) is 9.59 Å². The van der Waals surface area contributed by atoms with Crippen LogP contribution in [0.2, 0.25) is 0 Å².